The molecule has 119 heavy (non-hydrogen) atoms. The molecule has 0 spiro atoms. The van der Waals surface area contributed by atoms with Crippen molar-refractivity contribution in [3.63, 3.8) is 0 Å². The van der Waals surface area contributed by atoms with Crippen LogP contribution in [0.15, 0.2) is 98.5 Å². The number of imidazole rings is 5. The molecule has 5 aliphatic carbocycles. The van der Waals surface area contributed by atoms with Crippen LogP contribution in [0.25, 0.3) is 66.5 Å². The molecule has 31 heteroatoms. The van der Waals surface area contributed by atoms with Gasteiger partial charge < -0.3 is 96.1 Å². The van der Waals surface area contributed by atoms with Crippen LogP contribution in [0.4, 0.5) is 17.5 Å². The van der Waals surface area contributed by atoms with Crippen LogP contribution in [0.5, 0.6) is 0 Å². The molecule has 6 aliphatic rings. The Hall–Kier alpha value is -9.25. The van der Waals surface area contributed by atoms with Crippen LogP contribution in [-0.4, -0.2) is 244 Å². The van der Waals surface area contributed by atoms with Crippen molar-refractivity contribution >= 4 is 83.9 Å². The van der Waals surface area contributed by atoms with Gasteiger partial charge in [-0.15, -0.1) is 0 Å². The van der Waals surface area contributed by atoms with Gasteiger partial charge in [0.2, 0.25) is 0 Å². The molecule has 10 heterocycles. The number of aliphatic hydroxyl groups excluding tert-OH is 6. The summed E-state index contributed by atoms with van der Waals surface area (Å²) in [6.45, 7) is 20.5. The van der Waals surface area contributed by atoms with Crippen LogP contribution >= 0.6 is 0 Å². The fourth-order valence-corrected chi connectivity index (χ4v) is 19.4. The van der Waals surface area contributed by atoms with E-state index < -0.39 is 49.0 Å². The lowest BCUT2D eigenvalue weighted by Crippen LogP contribution is -2.47. The lowest BCUT2D eigenvalue weighted by atomic mass is 9.76. The molecule has 0 unspecified atom stereocenters. The van der Waals surface area contributed by atoms with E-state index in [4.69, 9.17) is 41.6 Å². The lowest BCUT2D eigenvalue weighted by molar-refractivity contribution is -0.0514. The Bertz CT molecular complexity index is 5290. The zero-order valence-electron chi connectivity index (χ0n) is 70.7. The third-order valence-electron chi connectivity index (χ3n) is 27.2. The minimum absolute atomic E-state index is 0.000720. The number of nitrogens with two attached hydrogens (primary N) is 3. The molecule has 0 radical (unpaired) electrons. The molecule has 15 N–H and O–H groups in total. The monoisotopic (exact) mass is 1630 g/mol. The molecule has 6 fully saturated rings. The van der Waals surface area contributed by atoms with Gasteiger partial charge in [0.15, 0.2) is 29.2 Å². The van der Waals surface area contributed by atoms with Crippen molar-refractivity contribution in [1.29, 1.82) is 0 Å². The average molecular weight is 1630 g/mol. The highest BCUT2D eigenvalue weighted by Crippen LogP contribution is 2.45. The zero-order chi connectivity index (χ0) is 83.8. The Morgan fingerprint density at radius 1 is 0.454 bits per heavy atom. The second-order valence-corrected chi connectivity index (χ2v) is 38.0. The zero-order valence-corrected chi connectivity index (χ0v) is 70.7. The van der Waals surface area contributed by atoms with E-state index in [1.807, 2.05) is 21.4 Å². The first-order chi connectivity index (χ1) is 56.8. The number of fused-ring (bicyclic) bond motifs is 6. The predicted molar refractivity (Wildman–Crippen MR) is 459 cm³/mol. The van der Waals surface area contributed by atoms with Gasteiger partial charge in [-0.2, -0.15) is 0 Å². The van der Waals surface area contributed by atoms with Crippen LogP contribution in [0.1, 0.15) is 178 Å². The number of ether oxygens (including phenoxy) is 2. The average Bonchev–Trinajstić information content (AvgIpc) is 1.62. The molecule has 1 saturated heterocycles. The summed E-state index contributed by atoms with van der Waals surface area (Å²) in [7, 11) is 8.08. The predicted octanol–water partition coefficient (Wildman–Crippen LogP) is 9.19. The maximum absolute atomic E-state index is 10.9. The van der Waals surface area contributed by atoms with Gasteiger partial charge in [-0.1, -0.05) is 73.6 Å². The largest absolute Gasteiger partial charge is 0.390 e. The summed E-state index contributed by atoms with van der Waals surface area (Å²) in [6.07, 6.45) is 16.8. The number of benzene rings is 3. The van der Waals surface area contributed by atoms with Crippen molar-refractivity contribution in [2.24, 2.45) is 29.6 Å². The number of aromatic nitrogens is 17. The second-order valence-electron chi connectivity index (χ2n) is 38.0. The Labute approximate surface area is 693 Å². The van der Waals surface area contributed by atoms with Gasteiger partial charge in [0, 0.05) is 87.6 Å². The molecule has 18 rings (SSSR count). The van der Waals surface area contributed by atoms with E-state index in [9.17, 15) is 30.6 Å². The molecule has 12 atom stereocenters. The fourth-order valence-electron chi connectivity index (χ4n) is 19.4. The Morgan fingerprint density at radius 3 is 1.31 bits per heavy atom. The maximum Gasteiger partial charge on any atom is 0.167 e. The molecule has 9 aromatic heterocycles. The number of aromatic amines is 3. The number of rotatable bonds is 24. The Morgan fingerprint density at radius 2 is 0.857 bits per heavy atom. The van der Waals surface area contributed by atoms with Gasteiger partial charge in [0.1, 0.15) is 89.5 Å². The number of nitrogens with zero attached hydrogens (tertiary/aromatic N) is 17. The van der Waals surface area contributed by atoms with Crippen molar-refractivity contribution in [2.45, 2.75) is 241 Å². The number of anilines is 3. The number of nitrogens with one attached hydrogen (secondary N) is 3. The minimum atomic E-state index is -1.11. The van der Waals surface area contributed by atoms with Crippen molar-refractivity contribution in [3.05, 3.63) is 133 Å². The molecule has 3 aromatic carbocycles. The van der Waals surface area contributed by atoms with E-state index in [0.29, 0.717) is 101 Å². The highest BCUT2D eigenvalue weighted by molar-refractivity contribution is 5.86. The molecule has 1 aliphatic heterocycles. The molecule has 5 saturated carbocycles. The highest BCUT2D eigenvalue weighted by Gasteiger charge is 2.49. The summed E-state index contributed by atoms with van der Waals surface area (Å²) in [5, 5.41) is 65.9. The molecule has 31 nitrogen and oxygen atoms in total. The van der Waals surface area contributed by atoms with Gasteiger partial charge in [-0.25, -0.2) is 54.8 Å². The van der Waals surface area contributed by atoms with Gasteiger partial charge in [0.25, 0.3) is 0 Å². The third-order valence-corrected chi connectivity index (χ3v) is 27.2. The van der Waals surface area contributed by atoms with Crippen LogP contribution in [-0.2, 0) is 45.0 Å². The topological polar surface area (TPSA) is 432 Å². The van der Waals surface area contributed by atoms with Crippen molar-refractivity contribution < 1.29 is 40.1 Å². The number of nitrogen functional groups attached to an aromatic ring is 3. The SMILES string of the molecule is CN(C[C@H]1C[C@@H](n2ccc3c(N)ncnc32)[C@H](O)[C@@H]1O)C1CC(CCc2nc3ccc(C(C)(C)C)cc3[nH]2)C1.CN(C[C@H]1C[C@@H](n2cnc3c(N)ncnc32)[C@H](O)[C@@H]1O)C1CC(CCc2nc3ccc(C(C)(C)C)cc3[nH]2)C1.COCC(C)(C)c1ccc2nc(CCC3CC(N(C)C[C@H]4O[C@@H](n5cnc6c(N)ncnc65)[C@H](O)[C@@H]4O)C3)[nH]c2c1. The summed E-state index contributed by atoms with van der Waals surface area (Å²) < 4.78 is 16.9. The standard InChI is InChI=1S/C30H41N7O2.C29H40N8O4.C29H40N8O2/c1-30(2,3)19-6-7-22-23(14-19)35-25(34-22)8-5-17-11-20(12-17)36(4)15-18-13-24(27(39)26(18)38)37-10-9-21-28(31)32-16-33-29(21)37;1-29(2,13-40-4)17-6-7-19-20(11-17)35-22(34-19)8-5-16-9-18(10-16)36(3)12-21-24(38)25(39)28(41-21)37-15-33-23-26(30)31-14-32-27(23)37;1-29(2,3)18-6-7-20-21(12-18)35-23(34-20)8-5-16-9-19(10-16)36(4)13-17-11-22(26(39)25(17)38)37-15-33-24-27(30)31-14-32-28(24)37/h6-7,9-10,14,16-18,20,24,26-27,38-39H,5,8,11-13,15H2,1-4H3,(H,34,35)(H2,31,32,33);6-7,11,14-16,18,21,24-25,28,38-39H,5,8-10,12-13H2,1-4H3,(H,34,35)(H2,30,31,32);6-7,12,14-17,19,22,25-26,38-39H,5,8-11,13H2,1-4H3,(H,34,35)(H2,30,31,32)/t17?,18-,20?,24-,26-,27+;16?,18?,21-,24-,25-,28-;16?,17-,19?,22-,25-,26+/m111/s1. The van der Waals surface area contributed by atoms with Crippen molar-refractivity contribution in [2.75, 3.05) is 71.7 Å². The number of aryl methyl sites for hydroxylation is 3. The minimum Gasteiger partial charge on any atom is -0.390 e. The van der Waals surface area contributed by atoms with Gasteiger partial charge in [-0.3, -0.25) is 4.57 Å². The highest BCUT2D eigenvalue weighted by atomic mass is 16.6. The molecule has 0 bridgehead atoms. The smallest absolute Gasteiger partial charge is 0.167 e. The van der Waals surface area contributed by atoms with Crippen molar-refractivity contribution in [1.82, 2.24) is 98.2 Å². The van der Waals surface area contributed by atoms with Crippen molar-refractivity contribution in [3.8, 4) is 0 Å². The summed E-state index contributed by atoms with van der Waals surface area (Å²) in [4.78, 5) is 65.6. The maximum atomic E-state index is 10.9. The summed E-state index contributed by atoms with van der Waals surface area (Å²) >= 11 is 0. The van der Waals surface area contributed by atoms with E-state index in [0.717, 1.165) is 146 Å². The van der Waals surface area contributed by atoms with Gasteiger partial charge in [-0.05, 0) is 180 Å². The summed E-state index contributed by atoms with van der Waals surface area (Å²) in [5.41, 5.74) is 31.0. The number of methoxy groups -OCH3 is 1. The molecule has 12 aromatic rings. The van der Waals surface area contributed by atoms with Gasteiger partial charge >= 0.3 is 0 Å². The van der Waals surface area contributed by atoms with Crippen LogP contribution in [0.3, 0.4) is 0 Å². The first-order valence-electron chi connectivity index (χ1n) is 42.5. The van der Waals surface area contributed by atoms with E-state index >= 15 is 0 Å². The molecular weight excluding hydrogens is 1510 g/mol. The fraction of sp³-hybridized carbons (Fsp3) is 0.580. The first-order valence-corrected chi connectivity index (χ1v) is 42.5. The number of hydrogen-bond donors (Lipinski definition) is 12. The second kappa shape index (κ2) is 33.6. The van der Waals surface area contributed by atoms with Crippen LogP contribution in [0.2, 0.25) is 0 Å². The van der Waals surface area contributed by atoms with E-state index in [-0.39, 0.29) is 46.0 Å². The first kappa shape index (κ1) is 83.4. The quantitative estimate of drug-likeness (QED) is 0.0268. The number of aliphatic hydroxyl groups is 6. The lowest BCUT2D eigenvalue weighted by Gasteiger charge is -2.42. The van der Waals surface area contributed by atoms with E-state index in [1.165, 1.54) is 42.0 Å². The third kappa shape index (κ3) is 17.3. The van der Waals surface area contributed by atoms with Gasteiger partial charge in [0.05, 0.1) is 82.0 Å². The number of H-pyrrole nitrogens is 3. The van der Waals surface area contributed by atoms with E-state index in [2.05, 4.69) is 201 Å². The Balaban J connectivity index is 0.000000133. The van der Waals surface area contributed by atoms with E-state index in [1.54, 1.807) is 18.0 Å². The molecular formula is C88H121N23O8. The Kier molecular flexibility index (Phi) is 23.6. The summed E-state index contributed by atoms with van der Waals surface area (Å²) in [6, 6.07) is 22.3. The van der Waals surface area contributed by atoms with Crippen LogP contribution in [0, 0.1) is 29.6 Å². The molecule has 0 amide bonds. The van der Waals surface area contributed by atoms with Crippen LogP contribution < -0.4 is 17.2 Å². The summed E-state index contributed by atoms with van der Waals surface area (Å²) in [5.74, 6) is 6.15. The number of likely N-dealkylation sites (N-methyl/N-ethyl adjacent to an activating group) is 1. The molecule has 636 valence electrons. The normalized spacial score (nSPS) is 27.3. The number of hydrogen-bond acceptors (Lipinski definition) is 25.